The second-order valence-electron chi connectivity index (χ2n) is 5.22. The highest BCUT2D eigenvalue weighted by atomic mass is 16.3. The Bertz CT molecular complexity index is 179. The van der Waals surface area contributed by atoms with Gasteiger partial charge in [-0.3, -0.25) is 0 Å². The van der Waals surface area contributed by atoms with Gasteiger partial charge in [-0.1, -0.05) is 33.1 Å². The molecule has 3 N–H and O–H groups in total. The zero-order valence-electron chi connectivity index (χ0n) is 10.3. The number of hydrogen-bond donors (Lipinski definition) is 2. The largest absolute Gasteiger partial charge is 0.396 e. The first-order chi connectivity index (χ1) is 7.18. The van der Waals surface area contributed by atoms with Crippen LogP contribution in [0.15, 0.2) is 0 Å². The summed E-state index contributed by atoms with van der Waals surface area (Å²) < 4.78 is 0. The van der Waals surface area contributed by atoms with Crippen LogP contribution in [0.3, 0.4) is 0 Å². The molecule has 0 radical (unpaired) electrons. The SMILES string of the molecule is CCC1CCCC(CCO)(C(N)CC)C1. The van der Waals surface area contributed by atoms with Crippen molar-refractivity contribution in [2.24, 2.45) is 17.1 Å². The molecule has 1 aliphatic carbocycles. The summed E-state index contributed by atoms with van der Waals surface area (Å²) in [6, 6.07) is 0.277. The van der Waals surface area contributed by atoms with Crippen LogP contribution in [-0.4, -0.2) is 17.8 Å². The Morgan fingerprint density at radius 2 is 2.20 bits per heavy atom. The summed E-state index contributed by atoms with van der Waals surface area (Å²) in [6.07, 6.45) is 8.32. The van der Waals surface area contributed by atoms with E-state index in [-0.39, 0.29) is 11.5 Å². The van der Waals surface area contributed by atoms with Crippen molar-refractivity contribution >= 4 is 0 Å². The van der Waals surface area contributed by atoms with E-state index in [4.69, 9.17) is 5.73 Å². The molecule has 15 heavy (non-hydrogen) atoms. The molecule has 0 aromatic heterocycles. The topological polar surface area (TPSA) is 46.2 Å². The normalized spacial score (nSPS) is 34.0. The van der Waals surface area contributed by atoms with Gasteiger partial charge in [0.05, 0.1) is 0 Å². The van der Waals surface area contributed by atoms with Gasteiger partial charge in [-0.2, -0.15) is 0 Å². The first-order valence-corrected chi connectivity index (χ1v) is 6.55. The van der Waals surface area contributed by atoms with Crippen LogP contribution in [0.1, 0.15) is 58.8 Å². The lowest BCUT2D eigenvalue weighted by molar-refractivity contribution is 0.0659. The molecule has 1 rings (SSSR count). The van der Waals surface area contributed by atoms with Crippen LogP contribution >= 0.6 is 0 Å². The quantitative estimate of drug-likeness (QED) is 0.737. The van der Waals surface area contributed by atoms with E-state index in [1.165, 1.54) is 32.1 Å². The van der Waals surface area contributed by atoms with Gasteiger partial charge in [0.15, 0.2) is 0 Å². The highest BCUT2D eigenvalue weighted by Crippen LogP contribution is 2.45. The lowest BCUT2D eigenvalue weighted by Crippen LogP contribution is -2.45. The average Bonchev–Trinajstić information content (AvgIpc) is 2.28. The Morgan fingerprint density at radius 1 is 1.47 bits per heavy atom. The van der Waals surface area contributed by atoms with E-state index in [2.05, 4.69) is 13.8 Å². The molecule has 0 spiro atoms. The lowest BCUT2D eigenvalue weighted by Gasteiger charge is -2.44. The molecule has 1 saturated carbocycles. The van der Waals surface area contributed by atoms with Gasteiger partial charge in [-0.05, 0) is 37.0 Å². The molecule has 2 heteroatoms. The maximum absolute atomic E-state index is 9.23. The van der Waals surface area contributed by atoms with Crippen LogP contribution in [-0.2, 0) is 0 Å². The predicted molar refractivity (Wildman–Crippen MR) is 64.7 cm³/mol. The molecule has 0 amide bonds. The maximum atomic E-state index is 9.23. The zero-order chi connectivity index (χ0) is 11.3. The van der Waals surface area contributed by atoms with E-state index >= 15 is 0 Å². The molecule has 0 saturated heterocycles. The highest BCUT2D eigenvalue weighted by molar-refractivity contribution is 4.93. The zero-order valence-corrected chi connectivity index (χ0v) is 10.3. The van der Waals surface area contributed by atoms with Gasteiger partial charge in [0.25, 0.3) is 0 Å². The van der Waals surface area contributed by atoms with Gasteiger partial charge in [0, 0.05) is 12.6 Å². The molecular weight excluding hydrogens is 186 g/mol. The van der Waals surface area contributed by atoms with Gasteiger partial charge in [0.1, 0.15) is 0 Å². The van der Waals surface area contributed by atoms with E-state index in [1.54, 1.807) is 0 Å². The minimum Gasteiger partial charge on any atom is -0.396 e. The molecule has 0 aromatic carbocycles. The van der Waals surface area contributed by atoms with Crippen molar-refractivity contribution in [2.75, 3.05) is 6.61 Å². The van der Waals surface area contributed by atoms with Gasteiger partial charge in [-0.15, -0.1) is 0 Å². The molecule has 0 aliphatic heterocycles. The second-order valence-corrected chi connectivity index (χ2v) is 5.22. The van der Waals surface area contributed by atoms with Crippen LogP contribution in [0, 0.1) is 11.3 Å². The summed E-state index contributed by atoms with van der Waals surface area (Å²) in [6.45, 7) is 4.74. The maximum Gasteiger partial charge on any atom is 0.0436 e. The smallest absolute Gasteiger partial charge is 0.0436 e. The Kier molecular flexibility index (Phi) is 5.07. The van der Waals surface area contributed by atoms with Crippen molar-refractivity contribution < 1.29 is 5.11 Å². The molecule has 0 bridgehead atoms. The van der Waals surface area contributed by atoms with Crippen molar-refractivity contribution in [3.8, 4) is 0 Å². The fourth-order valence-electron chi connectivity index (χ4n) is 3.28. The van der Waals surface area contributed by atoms with E-state index in [0.29, 0.717) is 6.61 Å². The average molecular weight is 213 g/mol. The molecule has 90 valence electrons. The summed E-state index contributed by atoms with van der Waals surface area (Å²) in [5, 5.41) is 9.23. The minimum atomic E-state index is 0.239. The van der Waals surface area contributed by atoms with Crippen molar-refractivity contribution in [3.63, 3.8) is 0 Å². The van der Waals surface area contributed by atoms with Crippen LogP contribution < -0.4 is 5.73 Å². The first kappa shape index (κ1) is 13.0. The molecule has 2 nitrogen and oxygen atoms in total. The fraction of sp³-hybridized carbons (Fsp3) is 1.00. The van der Waals surface area contributed by atoms with Crippen molar-refractivity contribution in [1.82, 2.24) is 0 Å². The number of hydrogen-bond acceptors (Lipinski definition) is 2. The third kappa shape index (κ3) is 2.94. The Balaban J connectivity index is 2.70. The number of aliphatic hydroxyl groups is 1. The fourth-order valence-corrected chi connectivity index (χ4v) is 3.28. The van der Waals surface area contributed by atoms with Crippen molar-refractivity contribution in [3.05, 3.63) is 0 Å². The van der Waals surface area contributed by atoms with Crippen molar-refractivity contribution in [1.29, 1.82) is 0 Å². The van der Waals surface area contributed by atoms with Gasteiger partial charge < -0.3 is 10.8 Å². The van der Waals surface area contributed by atoms with E-state index in [1.807, 2.05) is 0 Å². The summed E-state index contributed by atoms with van der Waals surface area (Å²) in [5.41, 5.74) is 6.51. The molecule has 1 aliphatic rings. The molecule has 3 atom stereocenters. The molecule has 1 fully saturated rings. The number of nitrogens with two attached hydrogens (primary N) is 1. The van der Waals surface area contributed by atoms with E-state index in [0.717, 1.165) is 18.8 Å². The third-order valence-electron chi connectivity index (χ3n) is 4.40. The molecule has 0 heterocycles. The molecule has 0 aromatic rings. The Hall–Kier alpha value is -0.0800. The van der Waals surface area contributed by atoms with E-state index in [9.17, 15) is 5.11 Å². The van der Waals surface area contributed by atoms with Crippen molar-refractivity contribution in [2.45, 2.75) is 64.8 Å². The Labute approximate surface area is 94.2 Å². The number of aliphatic hydroxyl groups excluding tert-OH is 1. The number of rotatable bonds is 5. The summed E-state index contributed by atoms with van der Waals surface area (Å²) >= 11 is 0. The molecular formula is C13H27NO. The highest BCUT2D eigenvalue weighted by Gasteiger charge is 2.39. The summed E-state index contributed by atoms with van der Waals surface area (Å²) in [7, 11) is 0. The van der Waals surface area contributed by atoms with Gasteiger partial charge in [0.2, 0.25) is 0 Å². The molecule has 3 unspecified atom stereocenters. The lowest BCUT2D eigenvalue weighted by atomic mass is 9.63. The summed E-state index contributed by atoms with van der Waals surface area (Å²) in [4.78, 5) is 0. The standard InChI is InChI=1S/C13H27NO/c1-3-11-6-5-7-13(10-11,8-9-15)12(14)4-2/h11-12,15H,3-10,14H2,1-2H3. The Morgan fingerprint density at radius 3 is 2.73 bits per heavy atom. The summed E-state index contributed by atoms with van der Waals surface area (Å²) in [5.74, 6) is 0.836. The predicted octanol–water partition coefficient (Wildman–Crippen LogP) is 2.69. The monoisotopic (exact) mass is 213 g/mol. The van der Waals surface area contributed by atoms with Gasteiger partial charge >= 0.3 is 0 Å². The minimum absolute atomic E-state index is 0.239. The van der Waals surface area contributed by atoms with Gasteiger partial charge in [-0.25, -0.2) is 0 Å². The van der Waals surface area contributed by atoms with E-state index < -0.39 is 0 Å². The first-order valence-electron chi connectivity index (χ1n) is 6.55. The van der Waals surface area contributed by atoms with Crippen LogP contribution in [0.4, 0.5) is 0 Å². The second kappa shape index (κ2) is 5.86. The third-order valence-corrected chi connectivity index (χ3v) is 4.40. The van der Waals surface area contributed by atoms with Crippen LogP contribution in [0.5, 0.6) is 0 Å². The van der Waals surface area contributed by atoms with Crippen LogP contribution in [0.2, 0.25) is 0 Å². The van der Waals surface area contributed by atoms with Crippen LogP contribution in [0.25, 0.3) is 0 Å².